The van der Waals surface area contributed by atoms with E-state index in [1.54, 1.807) is 7.11 Å². The lowest BCUT2D eigenvalue weighted by molar-refractivity contribution is -0.121. The van der Waals surface area contributed by atoms with Gasteiger partial charge in [0, 0.05) is 24.0 Å². The molecule has 3 nitrogen and oxygen atoms in total. The molecule has 0 radical (unpaired) electrons. The molecule has 124 valence electrons. The Morgan fingerprint density at radius 2 is 1.96 bits per heavy atom. The van der Waals surface area contributed by atoms with Crippen LogP contribution in [-0.4, -0.2) is 18.7 Å². The first-order chi connectivity index (χ1) is 11.7. The minimum absolute atomic E-state index is 0.0235. The van der Waals surface area contributed by atoms with Gasteiger partial charge < -0.3 is 4.74 Å². The summed E-state index contributed by atoms with van der Waals surface area (Å²) < 4.78 is 5.33. The fourth-order valence-corrected chi connectivity index (χ4v) is 3.43. The van der Waals surface area contributed by atoms with Crippen LogP contribution in [-0.2, 0) is 11.2 Å². The van der Waals surface area contributed by atoms with Gasteiger partial charge in [-0.15, -0.1) is 0 Å². The van der Waals surface area contributed by atoms with Crippen LogP contribution in [0.3, 0.4) is 0 Å². The van der Waals surface area contributed by atoms with Crippen molar-refractivity contribution in [3.63, 3.8) is 0 Å². The predicted octanol–water partition coefficient (Wildman–Crippen LogP) is 4.23. The van der Waals surface area contributed by atoms with Crippen molar-refractivity contribution in [2.24, 2.45) is 5.92 Å². The summed E-state index contributed by atoms with van der Waals surface area (Å²) >= 11 is 0. The van der Waals surface area contributed by atoms with Crippen LogP contribution >= 0.6 is 0 Å². The number of ether oxygens (including phenoxy) is 1. The average molecular weight is 322 g/mol. The zero-order valence-corrected chi connectivity index (χ0v) is 14.0. The number of methoxy groups -OCH3 is 1. The largest absolute Gasteiger partial charge is 0.497 e. The Morgan fingerprint density at radius 1 is 1.17 bits per heavy atom. The smallest absolute Gasteiger partial charge is 0.193 e. The third kappa shape index (κ3) is 3.73. The van der Waals surface area contributed by atoms with E-state index >= 15 is 0 Å². The van der Waals surface area contributed by atoms with Gasteiger partial charge in [0.2, 0.25) is 0 Å². The standard InChI is InChI=1S/C21H22O3/c1-24-19-10-11-20(21(23)16-7-3-2-4-8-16)17(14-19)12-15-6-5-9-18(22)13-15/h2-4,7-8,10-11,14-15H,5-6,9,12-13H2,1H3/t15-/m0/s1. The molecule has 2 aromatic rings. The van der Waals surface area contributed by atoms with E-state index in [1.165, 1.54) is 0 Å². The summed E-state index contributed by atoms with van der Waals surface area (Å²) in [6.07, 6.45) is 4.06. The lowest BCUT2D eigenvalue weighted by Crippen LogP contribution is -2.18. The normalized spacial score (nSPS) is 17.5. The highest BCUT2D eigenvalue weighted by molar-refractivity contribution is 6.10. The summed E-state index contributed by atoms with van der Waals surface area (Å²) in [4.78, 5) is 24.6. The average Bonchev–Trinajstić information content (AvgIpc) is 2.62. The molecule has 0 unspecified atom stereocenters. The van der Waals surface area contributed by atoms with Gasteiger partial charge in [0.1, 0.15) is 11.5 Å². The molecule has 0 saturated heterocycles. The summed E-state index contributed by atoms with van der Waals surface area (Å²) in [5.74, 6) is 1.43. The maximum Gasteiger partial charge on any atom is 0.193 e. The molecular weight excluding hydrogens is 300 g/mol. The zero-order chi connectivity index (χ0) is 16.9. The van der Waals surface area contributed by atoms with Crippen molar-refractivity contribution in [2.45, 2.75) is 32.1 Å². The van der Waals surface area contributed by atoms with Crippen molar-refractivity contribution in [3.05, 3.63) is 65.2 Å². The predicted molar refractivity (Wildman–Crippen MR) is 93.5 cm³/mol. The minimum atomic E-state index is 0.0235. The molecule has 1 atom stereocenters. The zero-order valence-electron chi connectivity index (χ0n) is 14.0. The van der Waals surface area contributed by atoms with Crippen LogP contribution in [0, 0.1) is 5.92 Å². The third-order valence-electron chi connectivity index (χ3n) is 4.69. The molecule has 0 amide bonds. The van der Waals surface area contributed by atoms with Crippen molar-refractivity contribution in [3.8, 4) is 5.75 Å². The molecule has 0 aliphatic heterocycles. The number of Topliss-reactive ketones (excluding diaryl/α,β-unsaturated/α-hetero) is 1. The molecule has 1 fully saturated rings. The molecular formula is C21H22O3. The van der Waals surface area contributed by atoms with Crippen LogP contribution in [0.5, 0.6) is 5.75 Å². The summed E-state index contributed by atoms with van der Waals surface area (Å²) in [6.45, 7) is 0. The van der Waals surface area contributed by atoms with Crippen LogP contribution < -0.4 is 4.74 Å². The fourth-order valence-electron chi connectivity index (χ4n) is 3.43. The van der Waals surface area contributed by atoms with Crippen LogP contribution in [0.25, 0.3) is 0 Å². The Labute approximate surface area is 142 Å². The van der Waals surface area contributed by atoms with E-state index in [4.69, 9.17) is 4.74 Å². The van der Waals surface area contributed by atoms with Gasteiger partial charge in [0.05, 0.1) is 7.11 Å². The molecule has 1 aliphatic carbocycles. The van der Waals surface area contributed by atoms with Gasteiger partial charge in [-0.2, -0.15) is 0 Å². The Hall–Kier alpha value is -2.42. The maximum atomic E-state index is 12.9. The summed E-state index contributed by atoms with van der Waals surface area (Å²) in [7, 11) is 1.63. The lowest BCUT2D eigenvalue weighted by atomic mass is 9.82. The SMILES string of the molecule is COc1ccc(C(=O)c2ccccc2)c(C[C@@H]2CCCC(=O)C2)c1. The van der Waals surface area contributed by atoms with E-state index in [9.17, 15) is 9.59 Å². The first kappa shape index (κ1) is 16.4. The second-order valence-electron chi connectivity index (χ2n) is 6.42. The molecule has 3 heteroatoms. The number of rotatable bonds is 5. The second-order valence-corrected chi connectivity index (χ2v) is 6.42. The molecule has 1 aliphatic rings. The van der Waals surface area contributed by atoms with E-state index in [1.807, 2.05) is 48.5 Å². The van der Waals surface area contributed by atoms with E-state index in [-0.39, 0.29) is 5.78 Å². The Balaban J connectivity index is 1.91. The van der Waals surface area contributed by atoms with Gasteiger partial charge >= 0.3 is 0 Å². The van der Waals surface area contributed by atoms with Crippen molar-refractivity contribution in [2.75, 3.05) is 7.11 Å². The van der Waals surface area contributed by atoms with Gasteiger partial charge in [-0.05, 0) is 48.9 Å². The summed E-state index contributed by atoms with van der Waals surface area (Å²) in [6, 6.07) is 14.9. The quantitative estimate of drug-likeness (QED) is 0.774. The molecule has 0 heterocycles. The highest BCUT2D eigenvalue weighted by Gasteiger charge is 2.22. The number of carbonyl (C=O) groups excluding carboxylic acids is 2. The first-order valence-corrected chi connectivity index (χ1v) is 8.45. The van der Waals surface area contributed by atoms with Crippen LogP contribution in [0.4, 0.5) is 0 Å². The highest BCUT2D eigenvalue weighted by atomic mass is 16.5. The number of hydrogen-bond donors (Lipinski definition) is 0. The van der Waals surface area contributed by atoms with E-state index in [0.29, 0.717) is 35.7 Å². The molecule has 2 aromatic carbocycles. The number of benzene rings is 2. The molecule has 24 heavy (non-hydrogen) atoms. The molecule has 0 aromatic heterocycles. The molecule has 1 saturated carbocycles. The molecule has 3 rings (SSSR count). The number of carbonyl (C=O) groups is 2. The van der Waals surface area contributed by atoms with E-state index < -0.39 is 0 Å². The van der Waals surface area contributed by atoms with Gasteiger partial charge in [-0.25, -0.2) is 0 Å². The minimum Gasteiger partial charge on any atom is -0.497 e. The van der Waals surface area contributed by atoms with Crippen molar-refractivity contribution < 1.29 is 14.3 Å². The molecule has 0 N–H and O–H groups in total. The van der Waals surface area contributed by atoms with Crippen molar-refractivity contribution >= 4 is 11.6 Å². The highest BCUT2D eigenvalue weighted by Crippen LogP contribution is 2.29. The molecule has 0 bridgehead atoms. The Bertz CT molecular complexity index is 734. The Morgan fingerprint density at radius 3 is 2.67 bits per heavy atom. The van der Waals surface area contributed by atoms with Gasteiger partial charge in [0.25, 0.3) is 0 Å². The van der Waals surface area contributed by atoms with Crippen LogP contribution in [0.1, 0.15) is 47.2 Å². The summed E-state index contributed by atoms with van der Waals surface area (Å²) in [5.41, 5.74) is 2.37. The maximum absolute atomic E-state index is 12.9. The number of ketones is 2. The fraction of sp³-hybridized carbons (Fsp3) is 0.333. The van der Waals surface area contributed by atoms with E-state index in [0.717, 1.165) is 30.6 Å². The topological polar surface area (TPSA) is 43.4 Å². The van der Waals surface area contributed by atoms with Crippen molar-refractivity contribution in [1.29, 1.82) is 0 Å². The van der Waals surface area contributed by atoms with Crippen LogP contribution in [0.15, 0.2) is 48.5 Å². The number of hydrogen-bond acceptors (Lipinski definition) is 3. The first-order valence-electron chi connectivity index (χ1n) is 8.45. The van der Waals surface area contributed by atoms with Gasteiger partial charge in [-0.1, -0.05) is 30.3 Å². The van der Waals surface area contributed by atoms with Gasteiger partial charge in [-0.3, -0.25) is 9.59 Å². The third-order valence-corrected chi connectivity index (χ3v) is 4.69. The monoisotopic (exact) mass is 322 g/mol. The Kier molecular flexibility index (Phi) is 5.09. The lowest BCUT2D eigenvalue weighted by Gasteiger charge is -2.22. The van der Waals surface area contributed by atoms with Crippen molar-refractivity contribution in [1.82, 2.24) is 0 Å². The second kappa shape index (κ2) is 7.43. The summed E-state index contributed by atoms with van der Waals surface area (Å²) in [5, 5.41) is 0. The van der Waals surface area contributed by atoms with Gasteiger partial charge in [0.15, 0.2) is 5.78 Å². The van der Waals surface area contributed by atoms with E-state index in [2.05, 4.69) is 0 Å². The van der Waals surface area contributed by atoms with Crippen LogP contribution in [0.2, 0.25) is 0 Å². The molecule has 0 spiro atoms.